The summed E-state index contributed by atoms with van der Waals surface area (Å²) in [7, 11) is 0. The molecule has 0 heterocycles. The minimum Gasteiger partial charge on any atom is -0.484 e. The van der Waals surface area contributed by atoms with Gasteiger partial charge in [-0.1, -0.05) is 24.3 Å². The number of nitrogens with one attached hydrogen (secondary N) is 1. The van der Waals surface area contributed by atoms with Crippen molar-refractivity contribution >= 4 is 17.5 Å². The van der Waals surface area contributed by atoms with Gasteiger partial charge in [-0.05, 0) is 30.7 Å². The fraction of sp³-hybridized carbons (Fsp3) is 0.125. The summed E-state index contributed by atoms with van der Waals surface area (Å²) in [5, 5.41) is 2.79. The molecule has 2 aromatic carbocycles. The first kappa shape index (κ1) is 14.6. The fourth-order valence-electron chi connectivity index (χ4n) is 1.84. The number of anilines is 1. The van der Waals surface area contributed by atoms with Gasteiger partial charge in [-0.25, -0.2) is 0 Å². The van der Waals surface area contributed by atoms with E-state index < -0.39 is 5.91 Å². The van der Waals surface area contributed by atoms with Crippen molar-refractivity contribution in [2.75, 3.05) is 11.9 Å². The number of hydrogen-bond acceptors (Lipinski definition) is 3. The number of aryl methyl sites for hydroxylation is 1. The van der Waals surface area contributed by atoms with Crippen molar-refractivity contribution in [3.63, 3.8) is 0 Å². The highest BCUT2D eigenvalue weighted by Gasteiger charge is 2.09. The molecule has 0 radical (unpaired) electrons. The van der Waals surface area contributed by atoms with Gasteiger partial charge >= 0.3 is 0 Å². The number of benzene rings is 2. The Morgan fingerprint density at radius 1 is 1.14 bits per heavy atom. The number of amides is 2. The number of primary amides is 1. The number of ether oxygens (including phenoxy) is 1. The van der Waals surface area contributed by atoms with E-state index in [0.29, 0.717) is 17.0 Å². The number of hydrogen-bond donors (Lipinski definition) is 2. The van der Waals surface area contributed by atoms with Crippen LogP contribution in [-0.4, -0.2) is 18.4 Å². The third-order valence-electron chi connectivity index (χ3n) is 2.86. The molecule has 0 atom stereocenters. The lowest BCUT2D eigenvalue weighted by molar-refractivity contribution is -0.119. The quantitative estimate of drug-likeness (QED) is 0.882. The van der Waals surface area contributed by atoms with Gasteiger partial charge in [-0.3, -0.25) is 9.59 Å². The molecule has 0 fully saturated rings. The molecule has 0 aliphatic rings. The van der Waals surface area contributed by atoms with Gasteiger partial charge < -0.3 is 15.8 Å². The van der Waals surface area contributed by atoms with Crippen LogP contribution in [0.25, 0.3) is 0 Å². The summed E-state index contributed by atoms with van der Waals surface area (Å²) in [4.78, 5) is 22.9. The van der Waals surface area contributed by atoms with Crippen LogP contribution in [0.15, 0.2) is 48.5 Å². The molecular weight excluding hydrogens is 268 g/mol. The third-order valence-corrected chi connectivity index (χ3v) is 2.86. The molecule has 5 nitrogen and oxygen atoms in total. The second-order valence-corrected chi connectivity index (χ2v) is 4.55. The molecule has 0 aliphatic carbocycles. The highest BCUT2D eigenvalue weighted by atomic mass is 16.5. The van der Waals surface area contributed by atoms with Crippen molar-refractivity contribution in [2.45, 2.75) is 6.92 Å². The minimum absolute atomic E-state index is 0.194. The maximum absolute atomic E-state index is 12.2. The van der Waals surface area contributed by atoms with Gasteiger partial charge in [0.2, 0.25) is 0 Å². The first-order valence-corrected chi connectivity index (χ1v) is 6.44. The Hall–Kier alpha value is -2.82. The largest absolute Gasteiger partial charge is 0.484 e. The molecule has 2 aromatic rings. The number of nitrogens with two attached hydrogens (primary N) is 1. The molecule has 0 bridgehead atoms. The molecule has 3 N–H and O–H groups in total. The monoisotopic (exact) mass is 284 g/mol. The minimum atomic E-state index is -0.552. The van der Waals surface area contributed by atoms with Crippen LogP contribution >= 0.6 is 0 Å². The number of carbonyl (C=O) groups is 2. The van der Waals surface area contributed by atoms with Crippen molar-refractivity contribution in [2.24, 2.45) is 5.73 Å². The second-order valence-electron chi connectivity index (χ2n) is 4.55. The van der Waals surface area contributed by atoms with Crippen LogP contribution in [0, 0.1) is 6.92 Å². The lowest BCUT2D eigenvalue weighted by Gasteiger charge is -2.09. The van der Waals surface area contributed by atoms with E-state index in [4.69, 9.17) is 10.5 Å². The predicted octanol–water partition coefficient (Wildman–Crippen LogP) is 2.11. The van der Waals surface area contributed by atoms with Gasteiger partial charge in [0, 0.05) is 17.3 Å². The van der Waals surface area contributed by atoms with Crippen LogP contribution in [-0.2, 0) is 4.79 Å². The smallest absolute Gasteiger partial charge is 0.255 e. The fourth-order valence-corrected chi connectivity index (χ4v) is 1.84. The summed E-state index contributed by atoms with van der Waals surface area (Å²) in [6, 6.07) is 14.1. The van der Waals surface area contributed by atoms with Crippen LogP contribution in [0.4, 0.5) is 5.69 Å². The summed E-state index contributed by atoms with van der Waals surface area (Å²) < 4.78 is 5.19. The maximum Gasteiger partial charge on any atom is 0.255 e. The Labute approximate surface area is 122 Å². The highest BCUT2D eigenvalue weighted by Crippen LogP contribution is 2.18. The molecule has 0 spiro atoms. The highest BCUT2D eigenvalue weighted by molar-refractivity contribution is 6.05. The number of carbonyl (C=O) groups excluding carboxylic acids is 2. The van der Waals surface area contributed by atoms with E-state index >= 15 is 0 Å². The Morgan fingerprint density at radius 2 is 1.90 bits per heavy atom. The molecule has 0 saturated heterocycles. The molecule has 0 saturated carbocycles. The van der Waals surface area contributed by atoms with E-state index in [-0.39, 0.29) is 12.5 Å². The molecule has 5 heteroatoms. The van der Waals surface area contributed by atoms with E-state index in [9.17, 15) is 9.59 Å². The normalized spacial score (nSPS) is 9.95. The van der Waals surface area contributed by atoms with Crippen LogP contribution in [0.3, 0.4) is 0 Å². The molecule has 0 unspecified atom stereocenters. The van der Waals surface area contributed by atoms with Gasteiger partial charge in [0.1, 0.15) is 5.75 Å². The van der Waals surface area contributed by atoms with Crippen LogP contribution < -0.4 is 15.8 Å². The summed E-state index contributed by atoms with van der Waals surface area (Å²) in [6.45, 7) is 1.68. The molecular formula is C16H16N2O3. The Morgan fingerprint density at radius 3 is 2.62 bits per heavy atom. The van der Waals surface area contributed by atoms with Crippen LogP contribution in [0.1, 0.15) is 15.9 Å². The molecule has 108 valence electrons. The maximum atomic E-state index is 12.2. The molecule has 2 amide bonds. The average Bonchev–Trinajstić information content (AvgIpc) is 2.46. The van der Waals surface area contributed by atoms with Crippen molar-refractivity contribution < 1.29 is 14.3 Å². The zero-order chi connectivity index (χ0) is 15.2. The first-order chi connectivity index (χ1) is 10.1. The van der Waals surface area contributed by atoms with E-state index in [1.807, 2.05) is 25.1 Å². The lowest BCUT2D eigenvalue weighted by Crippen LogP contribution is -2.20. The zero-order valence-corrected chi connectivity index (χ0v) is 11.6. The van der Waals surface area contributed by atoms with E-state index in [2.05, 4.69) is 5.32 Å². The first-order valence-electron chi connectivity index (χ1n) is 6.44. The second kappa shape index (κ2) is 6.56. The average molecular weight is 284 g/mol. The van der Waals surface area contributed by atoms with Gasteiger partial charge in [0.25, 0.3) is 11.8 Å². The standard InChI is InChI=1S/C16H16N2O3/c1-11-5-2-3-8-14(11)16(20)18-12-6-4-7-13(9-12)21-10-15(17)19/h2-9H,10H2,1H3,(H2,17,19)(H,18,20). The van der Waals surface area contributed by atoms with Crippen molar-refractivity contribution in [3.05, 3.63) is 59.7 Å². The van der Waals surface area contributed by atoms with Gasteiger partial charge in [0.05, 0.1) is 0 Å². The zero-order valence-electron chi connectivity index (χ0n) is 11.6. The predicted molar refractivity (Wildman–Crippen MR) is 80.3 cm³/mol. The van der Waals surface area contributed by atoms with E-state index in [1.54, 1.807) is 30.3 Å². The van der Waals surface area contributed by atoms with Crippen molar-refractivity contribution in [1.82, 2.24) is 0 Å². The molecule has 2 rings (SSSR count). The summed E-state index contributed by atoms with van der Waals surface area (Å²) in [5.41, 5.74) is 7.12. The molecule has 0 aliphatic heterocycles. The van der Waals surface area contributed by atoms with Crippen molar-refractivity contribution in [3.8, 4) is 5.75 Å². The number of rotatable bonds is 5. The topological polar surface area (TPSA) is 81.4 Å². The summed E-state index contributed by atoms with van der Waals surface area (Å²) >= 11 is 0. The Kier molecular flexibility index (Phi) is 4.56. The summed E-state index contributed by atoms with van der Waals surface area (Å²) in [6.07, 6.45) is 0. The van der Waals surface area contributed by atoms with Gasteiger partial charge in [-0.15, -0.1) is 0 Å². The lowest BCUT2D eigenvalue weighted by atomic mass is 10.1. The molecule has 21 heavy (non-hydrogen) atoms. The Bertz CT molecular complexity index is 668. The van der Waals surface area contributed by atoms with E-state index in [1.165, 1.54) is 0 Å². The van der Waals surface area contributed by atoms with Crippen LogP contribution in [0.2, 0.25) is 0 Å². The van der Waals surface area contributed by atoms with Crippen molar-refractivity contribution in [1.29, 1.82) is 0 Å². The van der Waals surface area contributed by atoms with Gasteiger partial charge in [0.15, 0.2) is 6.61 Å². The SMILES string of the molecule is Cc1ccccc1C(=O)Nc1cccc(OCC(N)=O)c1. The summed E-state index contributed by atoms with van der Waals surface area (Å²) in [5.74, 6) is -0.277. The van der Waals surface area contributed by atoms with Gasteiger partial charge in [-0.2, -0.15) is 0 Å². The van der Waals surface area contributed by atoms with Crippen LogP contribution in [0.5, 0.6) is 5.75 Å². The third kappa shape index (κ3) is 4.07. The Balaban J connectivity index is 2.09. The van der Waals surface area contributed by atoms with E-state index in [0.717, 1.165) is 5.56 Å². The molecule has 0 aromatic heterocycles.